The lowest BCUT2D eigenvalue weighted by Crippen LogP contribution is -2.42. The van der Waals surface area contributed by atoms with Crippen molar-refractivity contribution in [1.29, 1.82) is 0 Å². The highest BCUT2D eigenvalue weighted by Gasteiger charge is 2.21. The highest BCUT2D eigenvalue weighted by atomic mass is 35.5. The first-order chi connectivity index (χ1) is 6.51. The molecular formula is C9H16ClNO3. The average Bonchev–Trinajstić information content (AvgIpc) is 2.14. The normalized spacial score (nSPS) is 12.4. The van der Waals surface area contributed by atoms with Crippen molar-refractivity contribution >= 4 is 23.5 Å². The van der Waals surface area contributed by atoms with Gasteiger partial charge in [-0.05, 0) is 12.3 Å². The Hall–Kier alpha value is -0.770. The molecule has 0 aliphatic carbocycles. The molecule has 1 N–H and O–H groups in total. The third-order valence-electron chi connectivity index (χ3n) is 1.65. The molecule has 0 rings (SSSR count). The molecule has 82 valence electrons. The Bertz CT molecular complexity index is 206. The van der Waals surface area contributed by atoms with Gasteiger partial charge in [-0.15, -0.1) is 11.6 Å². The van der Waals surface area contributed by atoms with Crippen molar-refractivity contribution < 1.29 is 14.3 Å². The Morgan fingerprint density at radius 2 is 2.00 bits per heavy atom. The van der Waals surface area contributed by atoms with Crippen LogP contribution < -0.4 is 5.32 Å². The van der Waals surface area contributed by atoms with Crippen molar-refractivity contribution in [2.75, 3.05) is 13.0 Å². The quantitative estimate of drug-likeness (QED) is 0.555. The van der Waals surface area contributed by atoms with Crippen LogP contribution >= 0.6 is 11.6 Å². The summed E-state index contributed by atoms with van der Waals surface area (Å²) in [7, 11) is 1.29. The van der Waals surface area contributed by atoms with E-state index in [1.165, 1.54) is 7.11 Å². The Morgan fingerprint density at radius 3 is 2.36 bits per heavy atom. The van der Waals surface area contributed by atoms with Crippen LogP contribution in [0, 0.1) is 5.92 Å². The fraction of sp³-hybridized carbons (Fsp3) is 0.778. The van der Waals surface area contributed by atoms with E-state index in [4.69, 9.17) is 11.6 Å². The number of ether oxygens (including phenoxy) is 1. The van der Waals surface area contributed by atoms with Crippen molar-refractivity contribution in [2.45, 2.75) is 26.3 Å². The third-order valence-corrected chi connectivity index (χ3v) is 1.89. The summed E-state index contributed by atoms with van der Waals surface area (Å²) in [5.41, 5.74) is 0. The van der Waals surface area contributed by atoms with E-state index >= 15 is 0 Å². The number of amides is 1. The Morgan fingerprint density at radius 1 is 1.43 bits per heavy atom. The van der Waals surface area contributed by atoms with Crippen LogP contribution in [0.4, 0.5) is 0 Å². The molecule has 0 saturated carbocycles. The van der Waals surface area contributed by atoms with Gasteiger partial charge in [0.1, 0.15) is 11.9 Å². The lowest BCUT2D eigenvalue weighted by molar-refractivity contribution is -0.145. The van der Waals surface area contributed by atoms with Gasteiger partial charge in [0, 0.05) is 0 Å². The molecule has 14 heavy (non-hydrogen) atoms. The van der Waals surface area contributed by atoms with Crippen molar-refractivity contribution in [3.05, 3.63) is 0 Å². The van der Waals surface area contributed by atoms with Gasteiger partial charge in [0.15, 0.2) is 0 Å². The predicted molar refractivity (Wildman–Crippen MR) is 54.1 cm³/mol. The number of carbonyl (C=O) groups is 2. The Balaban J connectivity index is 4.24. The molecule has 5 heteroatoms. The summed E-state index contributed by atoms with van der Waals surface area (Å²) in [5.74, 6) is -0.638. The van der Waals surface area contributed by atoms with E-state index in [0.717, 1.165) is 0 Å². The van der Waals surface area contributed by atoms with Gasteiger partial charge in [-0.2, -0.15) is 0 Å². The number of esters is 1. The fourth-order valence-electron chi connectivity index (χ4n) is 1.06. The highest BCUT2D eigenvalue weighted by molar-refractivity contribution is 6.27. The van der Waals surface area contributed by atoms with Crippen LogP contribution in [0.3, 0.4) is 0 Å². The number of methoxy groups -OCH3 is 1. The van der Waals surface area contributed by atoms with E-state index < -0.39 is 12.0 Å². The third kappa shape index (κ3) is 5.07. The molecule has 0 aromatic carbocycles. The van der Waals surface area contributed by atoms with Gasteiger partial charge in [-0.1, -0.05) is 13.8 Å². The van der Waals surface area contributed by atoms with E-state index in [1.54, 1.807) is 0 Å². The molecule has 0 fully saturated rings. The van der Waals surface area contributed by atoms with E-state index in [2.05, 4.69) is 10.1 Å². The molecule has 0 spiro atoms. The summed E-state index contributed by atoms with van der Waals surface area (Å²) in [5, 5.41) is 2.50. The van der Waals surface area contributed by atoms with Crippen LogP contribution in [-0.4, -0.2) is 30.9 Å². The van der Waals surface area contributed by atoms with Crippen LogP contribution in [-0.2, 0) is 14.3 Å². The molecule has 4 nitrogen and oxygen atoms in total. The molecule has 1 amide bonds. The van der Waals surface area contributed by atoms with Gasteiger partial charge in [0.2, 0.25) is 5.91 Å². The topological polar surface area (TPSA) is 55.4 Å². The SMILES string of the molecule is COC(=O)[C@@H](CC(C)C)NC(=O)CCl. The number of carbonyl (C=O) groups excluding carboxylic acids is 2. The maximum Gasteiger partial charge on any atom is 0.328 e. The van der Waals surface area contributed by atoms with E-state index in [-0.39, 0.29) is 11.8 Å². The summed E-state index contributed by atoms with van der Waals surface area (Å²) < 4.78 is 4.56. The zero-order valence-corrected chi connectivity index (χ0v) is 9.43. The van der Waals surface area contributed by atoms with Gasteiger partial charge >= 0.3 is 5.97 Å². The van der Waals surface area contributed by atoms with Crippen LogP contribution in [0.5, 0.6) is 0 Å². The molecular weight excluding hydrogens is 206 g/mol. The first kappa shape index (κ1) is 13.2. The minimum atomic E-state index is -0.591. The van der Waals surface area contributed by atoms with Crippen LogP contribution in [0.25, 0.3) is 0 Å². The van der Waals surface area contributed by atoms with Crippen molar-refractivity contribution in [1.82, 2.24) is 5.32 Å². The first-order valence-electron chi connectivity index (χ1n) is 4.44. The molecule has 1 atom stereocenters. The van der Waals surface area contributed by atoms with E-state index in [9.17, 15) is 9.59 Å². The van der Waals surface area contributed by atoms with Crippen LogP contribution in [0.15, 0.2) is 0 Å². The summed E-state index contributed by atoms with van der Waals surface area (Å²) in [4.78, 5) is 22.2. The summed E-state index contributed by atoms with van der Waals surface area (Å²) >= 11 is 5.32. The molecule has 0 aromatic heterocycles. The molecule has 0 unspecified atom stereocenters. The second kappa shape index (κ2) is 6.65. The predicted octanol–water partition coefficient (Wildman–Crippen LogP) is 0.929. The van der Waals surface area contributed by atoms with Gasteiger partial charge in [0.05, 0.1) is 7.11 Å². The Labute approximate surface area is 88.9 Å². The lowest BCUT2D eigenvalue weighted by Gasteiger charge is -2.17. The van der Waals surface area contributed by atoms with Crippen molar-refractivity contribution in [2.24, 2.45) is 5.92 Å². The summed E-state index contributed by atoms with van der Waals surface area (Å²) in [6, 6.07) is -0.591. The molecule has 0 bridgehead atoms. The summed E-state index contributed by atoms with van der Waals surface area (Å²) in [6.07, 6.45) is 0.551. The molecule has 0 saturated heterocycles. The van der Waals surface area contributed by atoms with Gasteiger partial charge < -0.3 is 10.1 Å². The van der Waals surface area contributed by atoms with Crippen molar-refractivity contribution in [3.8, 4) is 0 Å². The lowest BCUT2D eigenvalue weighted by atomic mass is 10.0. The standard InChI is InChI=1S/C9H16ClNO3/c1-6(2)4-7(9(13)14-3)11-8(12)5-10/h6-7H,4-5H2,1-3H3,(H,11,12)/t7-/m1/s1. The van der Waals surface area contributed by atoms with E-state index in [1.807, 2.05) is 13.8 Å². The zero-order valence-electron chi connectivity index (χ0n) is 8.67. The second-order valence-corrected chi connectivity index (χ2v) is 3.67. The fourth-order valence-corrected chi connectivity index (χ4v) is 1.14. The van der Waals surface area contributed by atoms with Crippen LogP contribution in [0.1, 0.15) is 20.3 Å². The minimum Gasteiger partial charge on any atom is -0.467 e. The summed E-state index contributed by atoms with van der Waals surface area (Å²) in [6.45, 7) is 3.92. The van der Waals surface area contributed by atoms with Gasteiger partial charge in [-0.3, -0.25) is 4.79 Å². The monoisotopic (exact) mass is 221 g/mol. The Kier molecular flexibility index (Phi) is 6.28. The van der Waals surface area contributed by atoms with Gasteiger partial charge in [-0.25, -0.2) is 4.79 Å². The molecule has 0 aliphatic heterocycles. The number of hydrogen-bond donors (Lipinski definition) is 1. The second-order valence-electron chi connectivity index (χ2n) is 3.41. The highest BCUT2D eigenvalue weighted by Crippen LogP contribution is 2.06. The van der Waals surface area contributed by atoms with Crippen molar-refractivity contribution in [3.63, 3.8) is 0 Å². The van der Waals surface area contributed by atoms with Crippen LogP contribution in [0.2, 0.25) is 0 Å². The average molecular weight is 222 g/mol. The molecule has 0 heterocycles. The number of nitrogens with one attached hydrogen (secondary N) is 1. The zero-order chi connectivity index (χ0) is 11.1. The number of rotatable bonds is 5. The smallest absolute Gasteiger partial charge is 0.328 e. The maximum atomic E-state index is 11.2. The largest absolute Gasteiger partial charge is 0.467 e. The maximum absolute atomic E-state index is 11.2. The first-order valence-corrected chi connectivity index (χ1v) is 4.97. The number of alkyl halides is 1. The number of hydrogen-bond acceptors (Lipinski definition) is 3. The van der Waals surface area contributed by atoms with E-state index in [0.29, 0.717) is 12.3 Å². The molecule has 0 aliphatic rings. The number of halogens is 1. The molecule has 0 aromatic rings. The molecule has 0 radical (unpaired) electrons. The minimum absolute atomic E-state index is 0.147. The van der Waals surface area contributed by atoms with Gasteiger partial charge in [0.25, 0.3) is 0 Å².